The number of nitrogens with one attached hydrogen (secondary N) is 1. The van der Waals surface area contributed by atoms with Gasteiger partial charge in [0, 0.05) is 16.1 Å². The van der Waals surface area contributed by atoms with Crippen LogP contribution in [0.4, 0.5) is 0 Å². The molecule has 1 aromatic carbocycles. The molecule has 1 aromatic heterocycles. The summed E-state index contributed by atoms with van der Waals surface area (Å²) >= 11 is 1.59. The van der Waals surface area contributed by atoms with Crippen LogP contribution in [0.15, 0.2) is 30.3 Å². The molecular weight excluding hydrogens is 308 g/mol. The average molecular weight is 332 g/mol. The molecule has 0 spiro atoms. The topological polar surface area (TPSA) is 52.6 Å². The number of carbonyl (C=O) groups is 1. The van der Waals surface area contributed by atoms with Gasteiger partial charge in [0.1, 0.15) is 6.10 Å². The predicted molar refractivity (Wildman–Crippen MR) is 94.7 cm³/mol. The van der Waals surface area contributed by atoms with E-state index in [2.05, 4.69) is 23.2 Å². The highest BCUT2D eigenvalue weighted by Gasteiger charge is 2.27. The van der Waals surface area contributed by atoms with Crippen molar-refractivity contribution in [2.45, 2.75) is 38.3 Å². The third kappa shape index (κ3) is 3.74. The number of fused-ring (bicyclic) bond motifs is 1. The smallest absolute Gasteiger partial charge is 0.237 e. The van der Waals surface area contributed by atoms with E-state index in [0.29, 0.717) is 0 Å². The first kappa shape index (κ1) is 16.4. The summed E-state index contributed by atoms with van der Waals surface area (Å²) in [4.78, 5) is 15.5. The maximum Gasteiger partial charge on any atom is 0.237 e. The summed E-state index contributed by atoms with van der Waals surface area (Å²) in [6.07, 6.45) is 2.55. The van der Waals surface area contributed by atoms with Crippen LogP contribution in [0.2, 0.25) is 0 Å². The van der Waals surface area contributed by atoms with E-state index >= 15 is 0 Å². The number of likely N-dealkylation sites (N-methyl/N-ethyl adjacent to an activating group) is 1. The van der Waals surface area contributed by atoms with Crippen LogP contribution in [0, 0.1) is 0 Å². The number of thiophene rings is 1. The predicted octanol–water partition coefficient (Wildman–Crippen LogP) is 2.93. The van der Waals surface area contributed by atoms with Gasteiger partial charge in [-0.25, -0.2) is 0 Å². The highest BCUT2D eigenvalue weighted by atomic mass is 32.1. The first-order valence-corrected chi connectivity index (χ1v) is 9.19. The fraction of sp³-hybridized carbons (Fsp3) is 0.500. The molecule has 1 saturated heterocycles. The quantitative estimate of drug-likeness (QED) is 0.885. The van der Waals surface area contributed by atoms with E-state index in [-0.39, 0.29) is 18.5 Å². The zero-order valence-corrected chi connectivity index (χ0v) is 14.3. The Bertz CT molecular complexity index is 637. The molecule has 2 N–H and O–H groups in total. The van der Waals surface area contributed by atoms with Gasteiger partial charge in [-0.3, -0.25) is 9.69 Å². The molecule has 1 amide bonds. The first-order chi connectivity index (χ1) is 11.2. The molecule has 1 fully saturated rings. The summed E-state index contributed by atoms with van der Waals surface area (Å²) in [5.74, 6) is 0.0479. The number of amides is 1. The van der Waals surface area contributed by atoms with Gasteiger partial charge < -0.3 is 10.4 Å². The van der Waals surface area contributed by atoms with E-state index in [9.17, 15) is 9.90 Å². The lowest BCUT2D eigenvalue weighted by Gasteiger charge is -2.33. The number of aliphatic hydroxyl groups excluding tert-OH is 1. The number of likely N-dealkylation sites (tertiary alicyclic amines) is 1. The van der Waals surface area contributed by atoms with Gasteiger partial charge in [0.25, 0.3) is 0 Å². The van der Waals surface area contributed by atoms with Gasteiger partial charge in [0.2, 0.25) is 5.91 Å². The van der Waals surface area contributed by atoms with Crippen LogP contribution < -0.4 is 5.32 Å². The zero-order chi connectivity index (χ0) is 16.2. The zero-order valence-electron chi connectivity index (χ0n) is 13.5. The Kier molecular flexibility index (Phi) is 5.30. The fourth-order valence-corrected chi connectivity index (χ4v) is 4.30. The third-order valence-corrected chi connectivity index (χ3v) is 5.78. The lowest BCUT2D eigenvalue weighted by molar-refractivity contribution is -0.128. The van der Waals surface area contributed by atoms with Crippen molar-refractivity contribution in [1.82, 2.24) is 10.2 Å². The molecule has 2 aromatic rings. The summed E-state index contributed by atoms with van der Waals surface area (Å²) in [5.41, 5.74) is 0. The number of benzene rings is 1. The van der Waals surface area contributed by atoms with E-state index in [1.54, 1.807) is 11.3 Å². The van der Waals surface area contributed by atoms with Gasteiger partial charge >= 0.3 is 0 Å². The van der Waals surface area contributed by atoms with E-state index in [1.165, 1.54) is 6.42 Å². The van der Waals surface area contributed by atoms with E-state index in [0.717, 1.165) is 40.9 Å². The Hall–Kier alpha value is -1.43. The fourth-order valence-electron chi connectivity index (χ4n) is 3.25. The number of rotatable bonds is 5. The van der Waals surface area contributed by atoms with Gasteiger partial charge in [-0.15, -0.1) is 11.3 Å². The highest BCUT2D eigenvalue weighted by molar-refractivity contribution is 7.19. The Labute approximate surface area is 141 Å². The first-order valence-electron chi connectivity index (χ1n) is 8.37. The van der Waals surface area contributed by atoms with Crippen molar-refractivity contribution in [3.8, 4) is 0 Å². The number of hydrogen-bond donors (Lipinski definition) is 2. The second-order valence-electron chi connectivity index (χ2n) is 6.09. The molecule has 2 atom stereocenters. The van der Waals surface area contributed by atoms with Crippen molar-refractivity contribution in [2.24, 2.45) is 0 Å². The monoisotopic (exact) mass is 332 g/mol. The minimum atomic E-state index is -0.644. The summed E-state index contributed by atoms with van der Waals surface area (Å²) in [5, 5.41) is 14.5. The van der Waals surface area contributed by atoms with Crippen molar-refractivity contribution in [1.29, 1.82) is 0 Å². The van der Waals surface area contributed by atoms with E-state index in [1.807, 2.05) is 24.3 Å². The number of aliphatic hydroxyl groups is 1. The molecule has 2 heterocycles. The van der Waals surface area contributed by atoms with Crippen LogP contribution in [0.5, 0.6) is 0 Å². The number of piperidine rings is 1. The summed E-state index contributed by atoms with van der Waals surface area (Å²) in [7, 11) is 0. The van der Waals surface area contributed by atoms with E-state index < -0.39 is 6.10 Å². The van der Waals surface area contributed by atoms with Gasteiger partial charge in [-0.1, -0.05) is 31.5 Å². The number of nitrogens with zero attached hydrogens (tertiary/aromatic N) is 1. The molecule has 1 aliphatic rings. The van der Waals surface area contributed by atoms with Crippen molar-refractivity contribution in [3.05, 3.63) is 35.2 Å². The van der Waals surface area contributed by atoms with Crippen LogP contribution in [-0.4, -0.2) is 41.6 Å². The molecule has 23 heavy (non-hydrogen) atoms. The SMILES string of the molecule is CCN1CCCCC1C(=O)NCC(O)c1cc2ccccc2s1. The van der Waals surface area contributed by atoms with Crippen molar-refractivity contribution >= 4 is 27.3 Å². The summed E-state index contributed by atoms with van der Waals surface area (Å²) < 4.78 is 1.16. The molecule has 2 unspecified atom stereocenters. The maximum absolute atomic E-state index is 12.4. The molecule has 4 nitrogen and oxygen atoms in total. The molecule has 1 aliphatic heterocycles. The van der Waals surface area contributed by atoms with Crippen LogP contribution >= 0.6 is 11.3 Å². The van der Waals surface area contributed by atoms with Crippen molar-refractivity contribution in [2.75, 3.05) is 19.6 Å². The molecule has 3 rings (SSSR count). The Morgan fingerprint density at radius 2 is 2.26 bits per heavy atom. The van der Waals surface area contributed by atoms with Crippen LogP contribution in [0.25, 0.3) is 10.1 Å². The number of hydrogen-bond acceptors (Lipinski definition) is 4. The maximum atomic E-state index is 12.4. The standard InChI is InChI=1S/C18H24N2O2S/c1-2-20-10-6-5-8-14(20)18(22)19-12-15(21)17-11-13-7-3-4-9-16(13)23-17/h3-4,7,9,11,14-15,21H,2,5-6,8,10,12H2,1H3,(H,19,22). The van der Waals surface area contributed by atoms with Gasteiger partial charge in [-0.05, 0) is 43.5 Å². The minimum Gasteiger partial charge on any atom is -0.386 e. The van der Waals surface area contributed by atoms with Crippen LogP contribution in [-0.2, 0) is 4.79 Å². The van der Waals surface area contributed by atoms with E-state index in [4.69, 9.17) is 0 Å². The molecular formula is C18H24N2O2S. The normalized spacial score (nSPS) is 20.5. The minimum absolute atomic E-state index is 0.0386. The van der Waals surface area contributed by atoms with Crippen molar-refractivity contribution < 1.29 is 9.90 Å². The molecule has 124 valence electrons. The van der Waals surface area contributed by atoms with Gasteiger partial charge in [-0.2, -0.15) is 0 Å². The van der Waals surface area contributed by atoms with Crippen molar-refractivity contribution in [3.63, 3.8) is 0 Å². The van der Waals surface area contributed by atoms with Gasteiger partial charge in [0.05, 0.1) is 6.04 Å². The Balaban J connectivity index is 1.59. The molecule has 0 aliphatic carbocycles. The van der Waals surface area contributed by atoms with Gasteiger partial charge in [0.15, 0.2) is 0 Å². The molecule has 0 saturated carbocycles. The molecule has 5 heteroatoms. The summed E-state index contributed by atoms with van der Waals surface area (Å²) in [6, 6.07) is 10.1. The summed E-state index contributed by atoms with van der Waals surface area (Å²) in [6.45, 7) is 4.27. The third-order valence-electron chi connectivity index (χ3n) is 4.57. The van der Waals surface area contributed by atoms with Crippen LogP contribution in [0.1, 0.15) is 37.2 Å². The largest absolute Gasteiger partial charge is 0.386 e. The molecule has 0 bridgehead atoms. The lowest BCUT2D eigenvalue weighted by Crippen LogP contribution is -2.49. The average Bonchev–Trinajstić information content (AvgIpc) is 3.03. The second-order valence-corrected chi connectivity index (χ2v) is 7.20. The Morgan fingerprint density at radius 3 is 3.04 bits per heavy atom. The highest BCUT2D eigenvalue weighted by Crippen LogP contribution is 2.29. The Morgan fingerprint density at radius 1 is 1.43 bits per heavy atom. The van der Waals surface area contributed by atoms with Crippen LogP contribution in [0.3, 0.4) is 0 Å². The molecule has 0 radical (unpaired) electrons. The second kappa shape index (κ2) is 7.43. The lowest BCUT2D eigenvalue weighted by atomic mass is 10.0. The number of carbonyl (C=O) groups excluding carboxylic acids is 1.